The first-order valence-electron chi connectivity index (χ1n) is 5.14. The zero-order valence-electron chi connectivity index (χ0n) is 9.22. The van der Waals surface area contributed by atoms with Gasteiger partial charge in [-0.3, -0.25) is 4.79 Å². The highest BCUT2D eigenvalue weighted by Gasteiger charge is 2.29. The Labute approximate surface area is 98.8 Å². The highest BCUT2D eigenvalue weighted by atomic mass is 79.9. The zero-order valence-corrected chi connectivity index (χ0v) is 10.8. The monoisotopic (exact) mass is 279 g/mol. The van der Waals surface area contributed by atoms with Crippen LogP contribution in [0.15, 0.2) is 0 Å². The van der Waals surface area contributed by atoms with Crippen molar-refractivity contribution in [3.63, 3.8) is 0 Å². The first-order chi connectivity index (χ1) is 7.07. The predicted octanol–water partition coefficient (Wildman–Crippen LogP) is 1.08. The van der Waals surface area contributed by atoms with Crippen LogP contribution in [0.3, 0.4) is 0 Å². The number of carbonyl (C=O) groups is 1. The molecule has 1 saturated heterocycles. The Balaban J connectivity index is 2.18. The Morgan fingerprint density at radius 3 is 3.00 bits per heavy atom. The minimum atomic E-state index is -0.285. The topological polar surface area (TPSA) is 47.6 Å². The molecule has 0 aromatic heterocycles. The van der Waals surface area contributed by atoms with Crippen molar-refractivity contribution in [1.82, 2.24) is 5.32 Å². The van der Waals surface area contributed by atoms with Gasteiger partial charge in [-0.1, -0.05) is 15.9 Å². The molecule has 88 valence electrons. The van der Waals surface area contributed by atoms with Gasteiger partial charge in [0.25, 0.3) is 0 Å². The average molecular weight is 280 g/mol. The van der Waals surface area contributed by atoms with Gasteiger partial charge in [-0.25, -0.2) is 0 Å². The van der Waals surface area contributed by atoms with E-state index in [4.69, 9.17) is 4.74 Å². The lowest BCUT2D eigenvalue weighted by molar-refractivity contribution is -0.139. The predicted molar refractivity (Wildman–Crippen MR) is 61.2 cm³/mol. The smallest absolute Gasteiger partial charge is 0.320 e. The number of methoxy groups -OCH3 is 1. The third-order valence-corrected chi connectivity index (χ3v) is 3.28. The standard InChI is InChI=1S/C10H18BrNO3/c1-10(4-3-5-15-10)7-12-6-8(11)9(13)14-2/h8,12H,3-7H2,1-2H3. The summed E-state index contributed by atoms with van der Waals surface area (Å²) >= 11 is 3.25. The third kappa shape index (κ3) is 4.09. The first-order valence-corrected chi connectivity index (χ1v) is 6.05. The van der Waals surface area contributed by atoms with Crippen molar-refractivity contribution in [1.29, 1.82) is 0 Å². The number of ether oxygens (including phenoxy) is 2. The van der Waals surface area contributed by atoms with Crippen molar-refractivity contribution < 1.29 is 14.3 Å². The Kier molecular flexibility index (Phi) is 5.02. The molecule has 0 aromatic carbocycles. The second kappa shape index (κ2) is 5.82. The number of hydrogen-bond acceptors (Lipinski definition) is 4. The van der Waals surface area contributed by atoms with Gasteiger partial charge in [0.1, 0.15) is 4.83 Å². The van der Waals surface area contributed by atoms with E-state index in [2.05, 4.69) is 32.9 Å². The molecule has 1 aliphatic rings. The van der Waals surface area contributed by atoms with Crippen molar-refractivity contribution in [3.05, 3.63) is 0 Å². The molecule has 0 bridgehead atoms. The largest absolute Gasteiger partial charge is 0.468 e. The Morgan fingerprint density at radius 1 is 1.73 bits per heavy atom. The van der Waals surface area contributed by atoms with E-state index in [-0.39, 0.29) is 16.4 Å². The van der Waals surface area contributed by atoms with Crippen molar-refractivity contribution in [2.24, 2.45) is 0 Å². The van der Waals surface area contributed by atoms with Crippen LogP contribution in [0.25, 0.3) is 0 Å². The van der Waals surface area contributed by atoms with Crippen molar-refractivity contribution in [2.45, 2.75) is 30.2 Å². The maximum atomic E-state index is 11.1. The molecule has 1 rings (SSSR count). The van der Waals surface area contributed by atoms with Gasteiger partial charge in [0, 0.05) is 19.7 Å². The van der Waals surface area contributed by atoms with Crippen LogP contribution in [0.5, 0.6) is 0 Å². The van der Waals surface area contributed by atoms with Crippen LogP contribution in [-0.2, 0) is 14.3 Å². The molecule has 0 saturated carbocycles. The highest BCUT2D eigenvalue weighted by molar-refractivity contribution is 9.10. The Bertz CT molecular complexity index is 217. The van der Waals surface area contributed by atoms with E-state index in [9.17, 15) is 4.79 Å². The number of hydrogen-bond donors (Lipinski definition) is 1. The van der Waals surface area contributed by atoms with Crippen molar-refractivity contribution >= 4 is 21.9 Å². The molecular formula is C10H18BrNO3. The lowest BCUT2D eigenvalue weighted by atomic mass is 10.0. The van der Waals surface area contributed by atoms with Crippen LogP contribution in [0.1, 0.15) is 19.8 Å². The second-order valence-electron chi connectivity index (χ2n) is 4.02. The van der Waals surface area contributed by atoms with Gasteiger partial charge in [-0.15, -0.1) is 0 Å². The van der Waals surface area contributed by atoms with E-state index in [1.165, 1.54) is 7.11 Å². The lowest BCUT2D eigenvalue weighted by Crippen LogP contribution is -2.40. The quantitative estimate of drug-likeness (QED) is 0.605. The van der Waals surface area contributed by atoms with Crippen LogP contribution < -0.4 is 5.32 Å². The molecule has 2 unspecified atom stereocenters. The summed E-state index contributed by atoms with van der Waals surface area (Å²) in [5.41, 5.74) is -0.0666. The lowest BCUT2D eigenvalue weighted by Gasteiger charge is -2.23. The normalized spacial score (nSPS) is 27.7. The molecule has 1 fully saturated rings. The third-order valence-electron chi connectivity index (χ3n) is 2.58. The van der Waals surface area contributed by atoms with E-state index in [1.807, 2.05) is 0 Å². The molecule has 0 radical (unpaired) electrons. The molecule has 0 spiro atoms. The van der Waals surface area contributed by atoms with Gasteiger partial charge in [-0.05, 0) is 19.8 Å². The number of esters is 1. The molecule has 0 amide bonds. The summed E-state index contributed by atoms with van der Waals surface area (Å²) in [6, 6.07) is 0. The molecule has 0 aromatic rings. The molecule has 1 heterocycles. The number of nitrogens with one attached hydrogen (secondary N) is 1. The maximum Gasteiger partial charge on any atom is 0.320 e. The molecule has 5 heteroatoms. The first kappa shape index (κ1) is 12.9. The summed E-state index contributed by atoms with van der Waals surface area (Å²) in [6.07, 6.45) is 2.19. The maximum absolute atomic E-state index is 11.1. The summed E-state index contributed by atoms with van der Waals surface area (Å²) in [4.78, 5) is 10.8. The number of halogens is 1. The average Bonchev–Trinajstić information content (AvgIpc) is 2.64. The van der Waals surface area contributed by atoms with Gasteiger partial charge < -0.3 is 14.8 Å². The Morgan fingerprint density at radius 2 is 2.47 bits per heavy atom. The summed E-state index contributed by atoms with van der Waals surface area (Å²) in [5, 5.41) is 3.21. The van der Waals surface area contributed by atoms with E-state index in [0.29, 0.717) is 6.54 Å². The Hall–Kier alpha value is -0.130. The van der Waals surface area contributed by atoms with E-state index < -0.39 is 0 Å². The minimum Gasteiger partial charge on any atom is -0.468 e. The number of alkyl halides is 1. The van der Waals surface area contributed by atoms with Crippen LogP contribution in [0.4, 0.5) is 0 Å². The van der Waals surface area contributed by atoms with Crippen molar-refractivity contribution in [3.8, 4) is 0 Å². The molecule has 15 heavy (non-hydrogen) atoms. The van der Waals surface area contributed by atoms with Crippen LogP contribution in [-0.4, -0.2) is 43.2 Å². The molecule has 1 aliphatic heterocycles. The van der Waals surface area contributed by atoms with Crippen molar-refractivity contribution in [2.75, 3.05) is 26.8 Å². The fourth-order valence-electron chi connectivity index (χ4n) is 1.65. The summed E-state index contributed by atoms with van der Waals surface area (Å²) < 4.78 is 10.2. The number of carbonyl (C=O) groups excluding carboxylic acids is 1. The zero-order chi connectivity index (χ0) is 11.3. The summed E-state index contributed by atoms with van der Waals surface area (Å²) in [7, 11) is 1.39. The summed E-state index contributed by atoms with van der Waals surface area (Å²) in [6.45, 7) is 4.26. The molecule has 2 atom stereocenters. The van der Waals surface area contributed by atoms with Gasteiger partial charge in [0.2, 0.25) is 0 Å². The number of rotatable bonds is 5. The second-order valence-corrected chi connectivity index (χ2v) is 5.13. The van der Waals surface area contributed by atoms with Gasteiger partial charge in [0.15, 0.2) is 0 Å². The minimum absolute atomic E-state index is 0.0666. The van der Waals surface area contributed by atoms with Crippen LogP contribution in [0.2, 0.25) is 0 Å². The molecule has 4 nitrogen and oxygen atoms in total. The van der Waals surface area contributed by atoms with Crippen LogP contribution >= 0.6 is 15.9 Å². The van der Waals surface area contributed by atoms with E-state index in [0.717, 1.165) is 26.0 Å². The molecule has 0 aliphatic carbocycles. The SMILES string of the molecule is COC(=O)C(Br)CNCC1(C)CCCO1. The van der Waals surface area contributed by atoms with Gasteiger partial charge in [0.05, 0.1) is 12.7 Å². The van der Waals surface area contributed by atoms with Crippen LogP contribution in [0, 0.1) is 0 Å². The highest BCUT2D eigenvalue weighted by Crippen LogP contribution is 2.23. The van der Waals surface area contributed by atoms with E-state index in [1.54, 1.807) is 0 Å². The molecular weight excluding hydrogens is 262 g/mol. The van der Waals surface area contributed by atoms with Gasteiger partial charge in [-0.2, -0.15) is 0 Å². The fraction of sp³-hybridized carbons (Fsp3) is 0.900. The summed E-state index contributed by atoms with van der Waals surface area (Å²) in [5.74, 6) is -0.250. The van der Waals surface area contributed by atoms with E-state index >= 15 is 0 Å². The molecule has 1 N–H and O–H groups in total. The fourth-order valence-corrected chi connectivity index (χ4v) is 2.07. The van der Waals surface area contributed by atoms with Gasteiger partial charge >= 0.3 is 5.97 Å².